The van der Waals surface area contributed by atoms with Crippen molar-refractivity contribution in [2.24, 2.45) is 0 Å². The molecule has 2 atom stereocenters. The molecule has 0 N–H and O–H groups in total. The van der Waals surface area contributed by atoms with Gasteiger partial charge in [-0.15, -0.1) is 0 Å². The van der Waals surface area contributed by atoms with Gasteiger partial charge in [-0.3, -0.25) is 9.59 Å². The van der Waals surface area contributed by atoms with Crippen molar-refractivity contribution in [2.75, 3.05) is 47.5 Å². The summed E-state index contributed by atoms with van der Waals surface area (Å²) in [5.41, 5.74) is 0. The summed E-state index contributed by atoms with van der Waals surface area (Å²) in [5, 5.41) is 11.8. The number of quaternary nitrogens is 1. The predicted molar refractivity (Wildman–Crippen MR) is 370 cm³/mol. The SMILES string of the molecule is CC/C=C\C/C=C\C/C=C\C/C=C\C/C=C\C/C=C\C/C=C\CCCCCCCCCCCCCC(=O)OC(COC(=O)CCCCCCCCCCCCCCC/C=C\C/C=C\C/C=C\C/C=C\C/C=C\CC)COC(OCC[N+](C)(C)C)C(=O)[O-]. The second-order valence-electron chi connectivity index (χ2n) is 24.1. The molecule has 87 heavy (non-hydrogen) atoms. The third-order valence-corrected chi connectivity index (χ3v) is 14.6. The van der Waals surface area contributed by atoms with Gasteiger partial charge >= 0.3 is 11.9 Å². The molecule has 0 radical (unpaired) electrons. The normalized spacial score (nSPS) is 13.6. The number of allylic oxidation sites excluding steroid dienone is 24. The van der Waals surface area contributed by atoms with Crippen LogP contribution in [0.25, 0.3) is 0 Å². The van der Waals surface area contributed by atoms with Crippen LogP contribution in [0.5, 0.6) is 0 Å². The van der Waals surface area contributed by atoms with Gasteiger partial charge in [0.25, 0.3) is 0 Å². The summed E-state index contributed by atoms with van der Waals surface area (Å²) in [7, 11) is 5.92. The summed E-state index contributed by atoms with van der Waals surface area (Å²) < 4.78 is 22.8. The van der Waals surface area contributed by atoms with Gasteiger partial charge in [-0.05, 0) is 116 Å². The number of rotatable bonds is 63. The Bertz CT molecular complexity index is 1940. The molecule has 0 rings (SSSR count). The number of nitrogens with zero attached hydrogens (tertiary/aromatic N) is 1. The molecule has 0 bridgehead atoms. The number of aliphatic carboxylic acids is 1. The van der Waals surface area contributed by atoms with Gasteiger partial charge < -0.3 is 33.3 Å². The molecule has 0 aliphatic heterocycles. The molecule has 0 fully saturated rings. The van der Waals surface area contributed by atoms with E-state index < -0.39 is 24.3 Å². The standard InChI is InChI=1S/C78H129NO8/c1-6-8-10-12-14-16-18-20-22-24-26-28-30-32-34-36-37-38-39-41-43-45-47-49-51-53-55-57-59-61-63-65-67-69-76(81)87-74(73-86-78(77(82)83)84-71-70-79(3,4)5)72-85-75(80)68-66-64-62-60-58-56-54-52-50-48-46-44-42-40-35-33-31-29-27-25-23-21-19-17-15-13-11-9-7-2/h8-11,14-17,20-23,26-29,32-35,37-38,41,43,74,78H,6-7,12-13,18-19,24-25,30-31,36,39-40,42,44-73H2,1-5H3/b10-8-,11-9-,16-14-,17-15-,22-20-,23-21-,28-26-,29-27-,34-32-,35-33-,38-37-,43-41-. The van der Waals surface area contributed by atoms with Gasteiger partial charge in [0, 0.05) is 12.8 Å². The number of likely N-dealkylation sites (N-methyl/N-ethyl adjacent to an activating group) is 1. The molecular formula is C78H129NO8. The van der Waals surface area contributed by atoms with Crippen molar-refractivity contribution in [2.45, 2.75) is 283 Å². The van der Waals surface area contributed by atoms with Crippen LogP contribution in [0.3, 0.4) is 0 Å². The zero-order valence-electron chi connectivity index (χ0n) is 56.3. The van der Waals surface area contributed by atoms with Crippen molar-refractivity contribution < 1.29 is 42.9 Å². The zero-order valence-corrected chi connectivity index (χ0v) is 56.3. The van der Waals surface area contributed by atoms with Crippen molar-refractivity contribution in [3.8, 4) is 0 Å². The lowest BCUT2D eigenvalue weighted by molar-refractivity contribution is -0.870. The monoisotopic (exact) mass is 1210 g/mol. The molecule has 9 nitrogen and oxygen atoms in total. The molecule has 0 spiro atoms. The van der Waals surface area contributed by atoms with Crippen LogP contribution in [0, 0.1) is 0 Å². The highest BCUT2D eigenvalue weighted by atomic mass is 16.7. The molecule has 0 heterocycles. The van der Waals surface area contributed by atoms with Crippen LogP contribution >= 0.6 is 0 Å². The highest BCUT2D eigenvalue weighted by molar-refractivity contribution is 5.70. The van der Waals surface area contributed by atoms with Crippen molar-refractivity contribution in [3.05, 3.63) is 146 Å². The number of unbranched alkanes of at least 4 members (excludes halogenated alkanes) is 24. The first-order valence-corrected chi connectivity index (χ1v) is 35.0. The van der Waals surface area contributed by atoms with Crippen LogP contribution in [0.1, 0.15) is 271 Å². The molecular weight excluding hydrogens is 1080 g/mol. The zero-order chi connectivity index (χ0) is 63.3. The maximum absolute atomic E-state index is 12.9. The van der Waals surface area contributed by atoms with Crippen LogP contribution in [0.15, 0.2) is 146 Å². The molecule has 0 aromatic rings. The summed E-state index contributed by atoms with van der Waals surface area (Å²) in [4.78, 5) is 37.5. The van der Waals surface area contributed by atoms with E-state index in [1.165, 1.54) is 116 Å². The Hall–Kier alpha value is -4.83. The van der Waals surface area contributed by atoms with E-state index >= 15 is 0 Å². The molecule has 9 heteroatoms. The predicted octanol–water partition coefficient (Wildman–Crippen LogP) is 20.6. The summed E-state index contributed by atoms with van der Waals surface area (Å²) >= 11 is 0. The molecule has 0 aliphatic rings. The lowest BCUT2D eigenvalue weighted by Gasteiger charge is -2.26. The van der Waals surface area contributed by atoms with Crippen LogP contribution in [0.2, 0.25) is 0 Å². The van der Waals surface area contributed by atoms with Gasteiger partial charge in [0.15, 0.2) is 12.4 Å². The van der Waals surface area contributed by atoms with Crippen molar-refractivity contribution in [1.29, 1.82) is 0 Å². The van der Waals surface area contributed by atoms with Crippen LogP contribution < -0.4 is 5.11 Å². The Morgan fingerprint density at radius 2 is 0.621 bits per heavy atom. The van der Waals surface area contributed by atoms with E-state index in [2.05, 4.69) is 160 Å². The number of carbonyl (C=O) groups excluding carboxylic acids is 3. The Balaban J connectivity index is 4.17. The third-order valence-electron chi connectivity index (χ3n) is 14.6. The minimum Gasteiger partial charge on any atom is -0.545 e. The third kappa shape index (κ3) is 68.5. The first-order valence-electron chi connectivity index (χ1n) is 35.0. The lowest BCUT2D eigenvalue weighted by atomic mass is 10.0. The van der Waals surface area contributed by atoms with Gasteiger partial charge in [-0.1, -0.05) is 288 Å². The average molecular weight is 1210 g/mol. The van der Waals surface area contributed by atoms with E-state index in [1.807, 2.05) is 21.1 Å². The topological polar surface area (TPSA) is 111 Å². The molecule has 0 aromatic carbocycles. The van der Waals surface area contributed by atoms with Crippen LogP contribution in [0.4, 0.5) is 0 Å². The maximum atomic E-state index is 12.9. The fourth-order valence-corrected chi connectivity index (χ4v) is 9.31. The summed E-state index contributed by atoms with van der Waals surface area (Å²) in [6, 6.07) is 0. The first kappa shape index (κ1) is 82.2. The van der Waals surface area contributed by atoms with E-state index in [-0.39, 0.29) is 38.6 Å². The number of esters is 2. The van der Waals surface area contributed by atoms with Crippen molar-refractivity contribution in [1.82, 2.24) is 0 Å². The van der Waals surface area contributed by atoms with Gasteiger partial charge in [0.2, 0.25) is 0 Å². The number of carboxylic acids is 1. The molecule has 494 valence electrons. The fourth-order valence-electron chi connectivity index (χ4n) is 9.31. The quantitative estimate of drug-likeness (QED) is 0.0195. The highest BCUT2D eigenvalue weighted by Gasteiger charge is 2.22. The van der Waals surface area contributed by atoms with Gasteiger partial charge in [0.05, 0.1) is 40.3 Å². The Labute approximate surface area is 534 Å². The molecule has 0 saturated heterocycles. The minimum atomic E-state index is -1.63. The van der Waals surface area contributed by atoms with E-state index in [4.69, 9.17) is 18.9 Å². The van der Waals surface area contributed by atoms with Gasteiger partial charge in [0.1, 0.15) is 13.2 Å². The van der Waals surface area contributed by atoms with Gasteiger partial charge in [-0.2, -0.15) is 0 Å². The second-order valence-corrected chi connectivity index (χ2v) is 24.1. The molecule has 0 amide bonds. The van der Waals surface area contributed by atoms with E-state index in [1.54, 1.807) is 0 Å². The maximum Gasteiger partial charge on any atom is 0.306 e. The highest BCUT2D eigenvalue weighted by Crippen LogP contribution is 2.16. The molecule has 0 aromatic heterocycles. The van der Waals surface area contributed by atoms with Crippen molar-refractivity contribution in [3.63, 3.8) is 0 Å². The smallest absolute Gasteiger partial charge is 0.306 e. The lowest BCUT2D eigenvalue weighted by Crippen LogP contribution is -2.44. The summed E-state index contributed by atoms with van der Waals surface area (Å²) in [6.07, 6.45) is 94.9. The number of ether oxygens (including phenoxy) is 4. The van der Waals surface area contributed by atoms with Gasteiger partial charge in [-0.25, -0.2) is 0 Å². The van der Waals surface area contributed by atoms with Crippen molar-refractivity contribution >= 4 is 17.9 Å². The fraction of sp³-hybridized carbons (Fsp3) is 0.654. The number of hydrogen-bond donors (Lipinski definition) is 0. The summed E-state index contributed by atoms with van der Waals surface area (Å²) in [6.45, 7) is 4.52. The molecule has 0 saturated carbocycles. The van der Waals surface area contributed by atoms with Crippen LogP contribution in [-0.4, -0.2) is 82.3 Å². The molecule has 2 unspecified atom stereocenters. The van der Waals surface area contributed by atoms with E-state index in [0.29, 0.717) is 17.4 Å². The Morgan fingerprint density at radius 3 is 0.920 bits per heavy atom. The summed E-state index contributed by atoms with van der Waals surface area (Å²) in [5.74, 6) is -2.29. The second kappa shape index (κ2) is 67.1. The Kier molecular flexibility index (Phi) is 63.4. The Morgan fingerprint density at radius 1 is 0.345 bits per heavy atom. The number of hydrogen-bond acceptors (Lipinski definition) is 8. The number of carboxylic acid groups (broad SMARTS) is 1. The largest absolute Gasteiger partial charge is 0.545 e. The average Bonchev–Trinajstić information content (AvgIpc) is 3.59. The molecule has 0 aliphatic carbocycles. The van der Waals surface area contributed by atoms with E-state index in [9.17, 15) is 19.5 Å². The van der Waals surface area contributed by atoms with E-state index in [0.717, 1.165) is 122 Å². The first-order chi connectivity index (χ1) is 42.6. The van der Waals surface area contributed by atoms with Crippen LogP contribution in [-0.2, 0) is 33.3 Å². The minimum absolute atomic E-state index is 0.141. The number of carbonyl (C=O) groups is 3.